The van der Waals surface area contributed by atoms with Gasteiger partial charge < -0.3 is 9.88 Å². The number of aryl methyl sites for hydroxylation is 2. The molecule has 1 N–H and O–H groups in total. The van der Waals surface area contributed by atoms with E-state index in [1.54, 1.807) is 27.8 Å². The number of hydrogen-bond donors (Lipinski definition) is 1. The third-order valence-electron chi connectivity index (χ3n) is 4.29. The molecule has 0 atom stereocenters. The topological polar surface area (TPSA) is 46.9 Å². The Morgan fingerprint density at radius 1 is 1.14 bits per heavy atom. The van der Waals surface area contributed by atoms with Crippen LogP contribution >= 0.6 is 21.6 Å². The fourth-order valence-corrected chi connectivity index (χ4v) is 4.74. The van der Waals surface area contributed by atoms with Crippen molar-refractivity contribution in [2.24, 2.45) is 7.05 Å². The maximum Gasteiger partial charge on any atom is 0.267 e. The zero-order valence-electron chi connectivity index (χ0n) is 16.6. The summed E-state index contributed by atoms with van der Waals surface area (Å²) in [5.41, 5.74) is 4.05. The molecule has 0 fully saturated rings. The third kappa shape index (κ3) is 5.42. The first-order valence-corrected chi connectivity index (χ1v) is 11.3. The Hall–Kier alpha value is -2.18. The number of nitrogens with one attached hydrogen (secondary N) is 1. The van der Waals surface area contributed by atoms with Gasteiger partial charge in [-0.3, -0.25) is 4.79 Å². The molecule has 3 aromatic rings. The van der Waals surface area contributed by atoms with E-state index in [0.29, 0.717) is 12.2 Å². The molecule has 0 aliphatic rings. The lowest BCUT2D eigenvalue weighted by Gasteiger charge is -2.23. The molecule has 2 aromatic heterocycles. The second-order valence-electron chi connectivity index (χ2n) is 7.37. The van der Waals surface area contributed by atoms with E-state index in [0.717, 1.165) is 16.2 Å². The molecule has 0 saturated heterocycles. The predicted molar refractivity (Wildman–Crippen MR) is 120 cm³/mol. The van der Waals surface area contributed by atoms with Crippen molar-refractivity contribution >= 4 is 27.5 Å². The van der Waals surface area contributed by atoms with Crippen LogP contribution in [-0.4, -0.2) is 26.8 Å². The fraction of sp³-hybridized carbons (Fsp3) is 0.273. The first-order chi connectivity index (χ1) is 13.3. The average molecular weight is 412 g/mol. The summed E-state index contributed by atoms with van der Waals surface area (Å²) >= 11 is 0. The van der Waals surface area contributed by atoms with E-state index in [1.165, 1.54) is 5.56 Å². The van der Waals surface area contributed by atoms with Gasteiger partial charge in [0.1, 0.15) is 10.7 Å². The number of carbonyl (C=O) groups excluding carboxylic acids is 1. The maximum absolute atomic E-state index is 12.7. The van der Waals surface area contributed by atoms with E-state index in [9.17, 15) is 4.79 Å². The third-order valence-corrected chi connectivity index (χ3v) is 7.49. The highest BCUT2D eigenvalue weighted by Gasteiger charge is 2.22. The molecule has 1 aromatic carbocycles. The number of benzene rings is 1. The lowest BCUT2D eigenvalue weighted by molar-refractivity contribution is 0.0942. The van der Waals surface area contributed by atoms with Crippen LogP contribution in [0.25, 0.3) is 11.1 Å². The number of aromatic nitrogens is 2. The summed E-state index contributed by atoms with van der Waals surface area (Å²) in [4.78, 5) is 17.0. The summed E-state index contributed by atoms with van der Waals surface area (Å²) in [6, 6.07) is 16.2. The molecule has 3 rings (SSSR count). The van der Waals surface area contributed by atoms with Crippen molar-refractivity contribution in [2.45, 2.75) is 30.5 Å². The van der Waals surface area contributed by atoms with Crippen LogP contribution in [0.4, 0.5) is 0 Å². The fourth-order valence-electron chi connectivity index (χ4n) is 2.66. The van der Waals surface area contributed by atoms with Crippen LogP contribution in [0.3, 0.4) is 0 Å². The van der Waals surface area contributed by atoms with E-state index in [1.807, 2.05) is 42.1 Å². The highest BCUT2D eigenvalue weighted by Crippen LogP contribution is 2.39. The van der Waals surface area contributed by atoms with Gasteiger partial charge in [-0.05, 0) is 55.3 Å². The van der Waals surface area contributed by atoms with Crippen LogP contribution in [0.2, 0.25) is 0 Å². The van der Waals surface area contributed by atoms with Gasteiger partial charge in [-0.15, -0.1) is 0 Å². The Kier molecular flexibility index (Phi) is 6.52. The summed E-state index contributed by atoms with van der Waals surface area (Å²) in [5, 5.41) is 4.05. The molecule has 0 aliphatic heterocycles. The van der Waals surface area contributed by atoms with Crippen LogP contribution in [0.15, 0.2) is 66.0 Å². The normalized spacial score (nSPS) is 11.4. The number of carbonyl (C=O) groups is 1. The SMILES string of the molecule is Cc1ccc(-c2cc(C(=O)NCC(C)(C)SSc3ccccn3)n(C)c2)cc1. The van der Waals surface area contributed by atoms with Gasteiger partial charge in [-0.1, -0.05) is 46.7 Å². The minimum atomic E-state index is -0.122. The molecular weight excluding hydrogens is 386 g/mol. The van der Waals surface area contributed by atoms with Crippen LogP contribution < -0.4 is 5.32 Å². The van der Waals surface area contributed by atoms with Gasteiger partial charge in [0.05, 0.1) is 0 Å². The molecule has 0 bridgehead atoms. The number of nitrogens with zero attached hydrogens (tertiary/aromatic N) is 2. The van der Waals surface area contributed by atoms with Crippen molar-refractivity contribution < 1.29 is 4.79 Å². The molecule has 1 amide bonds. The van der Waals surface area contributed by atoms with E-state index < -0.39 is 0 Å². The summed E-state index contributed by atoms with van der Waals surface area (Å²) in [5.74, 6) is -0.0580. The summed E-state index contributed by atoms with van der Waals surface area (Å²) in [6.45, 7) is 6.88. The van der Waals surface area contributed by atoms with Gasteiger partial charge in [-0.25, -0.2) is 4.98 Å². The smallest absolute Gasteiger partial charge is 0.267 e. The van der Waals surface area contributed by atoms with Gasteiger partial charge in [0.2, 0.25) is 0 Å². The van der Waals surface area contributed by atoms with Gasteiger partial charge >= 0.3 is 0 Å². The lowest BCUT2D eigenvalue weighted by Crippen LogP contribution is -2.36. The molecular formula is C22H25N3OS2. The highest BCUT2D eigenvalue weighted by molar-refractivity contribution is 8.77. The molecule has 4 nitrogen and oxygen atoms in total. The number of pyridine rings is 1. The first-order valence-electron chi connectivity index (χ1n) is 9.12. The molecule has 6 heteroatoms. The molecule has 0 aliphatic carbocycles. The Morgan fingerprint density at radius 3 is 2.57 bits per heavy atom. The Balaban J connectivity index is 1.60. The second-order valence-corrected chi connectivity index (χ2v) is 10.2. The van der Waals surface area contributed by atoms with Gasteiger partial charge in [0.15, 0.2) is 0 Å². The van der Waals surface area contributed by atoms with E-state index in [2.05, 4.69) is 55.3 Å². The summed E-state index contributed by atoms with van der Waals surface area (Å²) in [6.07, 6.45) is 3.79. The van der Waals surface area contributed by atoms with Crippen molar-refractivity contribution in [3.05, 3.63) is 72.2 Å². The van der Waals surface area contributed by atoms with E-state index >= 15 is 0 Å². The lowest BCUT2D eigenvalue weighted by atomic mass is 10.1. The standard InChI is InChI=1S/C22H25N3OS2/c1-16-8-10-17(11-9-16)18-13-19(25(4)14-18)21(26)24-15-22(2,3)28-27-20-7-5-6-12-23-20/h5-14H,15H2,1-4H3,(H,24,26). The summed E-state index contributed by atoms with van der Waals surface area (Å²) < 4.78 is 1.76. The summed E-state index contributed by atoms with van der Waals surface area (Å²) in [7, 11) is 5.24. The van der Waals surface area contributed by atoms with Crippen molar-refractivity contribution in [3.63, 3.8) is 0 Å². The monoisotopic (exact) mass is 411 g/mol. The predicted octanol–water partition coefficient (Wildman–Crippen LogP) is 5.34. The molecule has 146 valence electrons. The van der Waals surface area contributed by atoms with E-state index in [4.69, 9.17) is 0 Å². The molecule has 2 heterocycles. The number of amides is 1. The van der Waals surface area contributed by atoms with Crippen molar-refractivity contribution in [1.82, 2.24) is 14.9 Å². The van der Waals surface area contributed by atoms with Gasteiger partial charge in [0, 0.05) is 36.3 Å². The number of hydrogen-bond acceptors (Lipinski definition) is 4. The van der Waals surface area contributed by atoms with Gasteiger partial charge in [-0.2, -0.15) is 0 Å². The van der Waals surface area contributed by atoms with Crippen molar-refractivity contribution in [1.29, 1.82) is 0 Å². The number of rotatable bonds is 7. The molecule has 28 heavy (non-hydrogen) atoms. The molecule has 0 saturated carbocycles. The van der Waals surface area contributed by atoms with Crippen LogP contribution in [-0.2, 0) is 7.05 Å². The van der Waals surface area contributed by atoms with Crippen LogP contribution in [0.1, 0.15) is 29.9 Å². The van der Waals surface area contributed by atoms with Gasteiger partial charge in [0.25, 0.3) is 5.91 Å². The largest absolute Gasteiger partial charge is 0.349 e. The van der Waals surface area contributed by atoms with Crippen molar-refractivity contribution in [3.8, 4) is 11.1 Å². The van der Waals surface area contributed by atoms with Crippen molar-refractivity contribution in [2.75, 3.05) is 6.54 Å². The van der Waals surface area contributed by atoms with Crippen LogP contribution in [0, 0.1) is 6.92 Å². The van der Waals surface area contributed by atoms with E-state index in [-0.39, 0.29) is 10.7 Å². The molecule has 0 spiro atoms. The highest BCUT2D eigenvalue weighted by atomic mass is 33.1. The Morgan fingerprint density at radius 2 is 1.89 bits per heavy atom. The first kappa shape index (κ1) is 20.6. The quantitative estimate of drug-likeness (QED) is 0.533. The zero-order valence-corrected chi connectivity index (χ0v) is 18.2. The maximum atomic E-state index is 12.7. The molecule has 0 unspecified atom stereocenters. The average Bonchev–Trinajstić information content (AvgIpc) is 3.08. The van der Waals surface area contributed by atoms with Crippen LogP contribution in [0.5, 0.6) is 0 Å². The molecule has 0 radical (unpaired) electrons. The zero-order chi connectivity index (χ0) is 20.1. The Bertz CT molecular complexity index is 934. The minimum Gasteiger partial charge on any atom is -0.349 e. The minimum absolute atomic E-state index is 0.0580. The second kappa shape index (κ2) is 8.88. The Labute approximate surface area is 174 Å².